The number of aromatic nitrogens is 2. The number of guanidine groups is 1. The van der Waals surface area contributed by atoms with Gasteiger partial charge in [-0.15, -0.1) is 24.0 Å². The van der Waals surface area contributed by atoms with Gasteiger partial charge in [-0.05, 0) is 50.1 Å². The molecule has 0 bridgehead atoms. The third-order valence-electron chi connectivity index (χ3n) is 3.00. The van der Waals surface area contributed by atoms with E-state index in [4.69, 9.17) is 5.73 Å². The molecule has 1 aromatic carbocycles. The lowest BCUT2D eigenvalue weighted by atomic mass is 10.1. The first-order valence-electron chi connectivity index (χ1n) is 6.59. The molecule has 0 amide bonds. The van der Waals surface area contributed by atoms with E-state index in [9.17, 15) is 0 Å². The normalized spacial score (nSPS) is 11.1. The summed E-state index contributed by atoms with van der Waals surface area (Å²) in [6, 6.07) is 8.22. The minimum atomic E-state index is 0. The predicted molar refractivity (Wildman–Crippen MR) is 98.2 cm³/mol. The Morgan fingerprint density at radius 1 is 1.19 bits per heavy atom. The number of benzene rings is 1. The van der Waals surface area contributed by atoms with E-state index in [1.807, 2.05) is 36.9 Å². The Labute approximate surface area is 142 Å². The van der Waals surface area contributed by atoms with Crippen LogP contribution in [0.1, 0.15) is 22.5 Å². The Morgan fingerprint density at radius 3 is 2.33 bits per heavy atom. The Bertz CT molecular complexity index is 625. The van der Waals surface area contributed by atoms with Crippen molar-refractivity contribution in [2.45, 2.75) is 27.3 Å². The van der Waals surface area contributed by atoms with Crippen molar-refractivity contribution in [1.29, 1.82) is 0 Å². The zero-order valence-corrected chi connectivity index (χ0v) is 15.2. The lowest BCUT2D eigenvalue weighted by Crippen LogP contribution is -2.22. The molecule has 6 heteroatoms. The first kappa shape index (κ1) is 17.5. The van der Waals surface area contributed by atoms with Crippen molar-refractivity contribution >= 4 is 35.6 Å². The lowest BCUT2D eigenvalue weighted by Gasteiger charge is -2.08. The maximum Gasteiger partial charge on any atom is 0.193 e. The summed E-state index contributed by atoms with van der Waals surface area (Å²) in [6.07, 6.45) is 0. The Morgan fingerprint density at radius 2 is 1.81 bits per heavy atom. The van der Waals surface area contributed by atoms with Gasteiger partial charge in [-0.25, -0.2) is 4.99 Å². The zero-order chi connectivity index (χ0) is 14.7. The summed E-state index contributed by atoms with van der Waals surface area (Å²) in [7, 11) is 1.91. The number of hydrogen-bond acceptors (Lipinski definition) is 2. The zero-order valence-electron chi connectivity index (χ0n) is 12.8. The smallest absolute Gasteiger partial charge is 0.193 e. The van der Waals surface area contributed by atoms with Crippen molar-refractivity contribution in [3.05, 3.63) is 46.8 Å². The van der Waals surface area contributed by atoms with Crippen molar-refractivity contribution in [3.8, 4) is 0 Å². The lowest BCUT2D eigenvalue weighted by molar-refractivity contribution is 0.706. The molecule has 0 aliphatic carbocycles. The van der Waals surface area contributed by atoms with Crippen LogP contribution in [-0.2, 0) is 13.6 Å². The van der Waals surface area contributed by atoms with E-state index in [1.54, 1.807) is 0 Å². The maximum atomic E-state index is 5.92. The van der Waals surface area contributed by atoms with Gasteiger partial charge in [-0.1, -0.05) is 6.07 Å². The number of hydrogen-bond donors (Lipinski definition) is 2. The van der Waals surface area contributed by atoms with Gasteiger partial charge in [0, 0.05) is 12.7 Å². The molecule has 0 spiro atoms. The number of nitrogens with two attached hydrogens (primary N) is 1. The van der Waals surface area contributed by atoms with Crippen LogP contribution in [0.15, 0.2) is 29.3 Å². The third kappa shape index (κ3) is 5.04. The summed E-state index contributed by atoms with van der Waals surface area (Å²) in [6.45, 7) is 6.60. The number of aliphatic imine (C=N–C) groups is 1. The molecular formula is C15H22IN5. The topological polar surface area (TPSA) is 68.2 Å². The summed E-state index contributed by atoms with van der Waals surface area (Å²) in [5, 5.41) is 7.40. The molecule has 2 aromatic rings. The van der Waals surface area contributed by atoms with Crippen molar-refractivity contribution in [1.82, 2.24) is 9.78 Å². The summed E-state index contributed by atoms with van der Waals surface area (Å²) in [5.74, 6) is 0.411. The van der Waals surface area contributed by atoms with Crippen LogP contribution in [0.25, 0.3) is 0 Å². The molecule has 0 atom stereocenters. The second-order valence-corrected chi connectivity index (χ2v) is 5.10. The van der Waals surface area contributed by atoms with Gasteiger partial charge in [0.25, 0.3) is 0 Å². The van der Waals surface area contributed by atoms with Crippen LogP contribution in [0.3, 0.4) is 0 Å². The van der Waals surface area contributed by atoms with Crippen molar-refractivity contribution in [2.24, 2.45) is 17.8 Å². The number of halogens is 1. The minimum Gasteiger partial charge on any atom is -0.370 e. The van der Waals surface area contributed by atoms with E-state index < -0.39 is 0 Å². The van der Waals surface area contributed by atoms with Gasteiger partial charge in [0.05, 0.1) is 17.9 Å². The minimum absolute atomic E-state index is 0. The Kier molecular flexibility index (Phi) is 6.19. The molecule has 0 radical (unpaired) electrons. The van der Waals surface area contributed by atoms with E-state index >= 15 is 0 Å². The number of rotatable bonds is 3. The van der Waals surface area contributed by atoms with Gasteiger partial charge in [-0.3, -0.25) is 4.68 Å². The standard InChI is InChI=1S/C15H21N5.HI/c1-10-5-11(2)7-13(6-10)18-15(16)17-9-14-8-12(3)19-20(14)4;/h5-8H,9H2,1-4H3,(H3,16,17,18);1H. The highest BCUT2D eigenvalue weighted by atomic mass is 127. The first-order valence-corrected chi connectivity index (χ1v) is 6.59. The largest absolute Gasteiger partial charge is 0.370 e. The van der Waals surface area contributed by atoms with Gasteiger partial charge in [-0.2, -0.15) is 5.10 Å². The van der Waals surface area contributed by atoms with Gasteiger partial charge in [0.1, 0.15) is 0 Å². The van der Waals surface area contributed by atoms with Gasteiger partial charge in [0.15, 0.2) is 5.96 Å². The maximum absolute atomic E-state index is 5.92. The first-order chi connectivity index (χ1) is 9.44. The Balaban J connectivity index is 0.00000220. The van der Waals surface area contributed by atoms with E-state index in [2.05, 4.69) is 35.3 Å². The average molecular weight is 399 g/mol. The molecule has 1 heterocycles. The van der Waals surface area contributed by atoms with Crippen molar-refractivity contribution < 1.29 is 0 Å². The fourth-order valence-corrected chi connectivity index (χ4v) is 2.21. The van der Waals surface area contributed by atoms with Crippen LogP contribution in [0, 0.1) is 20.8 Å². The van der Waals surface area contributed by atoms with Crippen LogP contribution in [0.5, 0.6) is 0 Å². The van der Waals surface area contributed by atoms with Crippen LogP contribution >= 0.6 is 24.0 Å². The summed E-state index contributed by atoms with van der Waals surface area (Å²) in [4.78, 5) is 4.35. The van der Waals surface area contributed by atoms with Crippen molar-refractivity contribution in [2.75, 3.05) is 5.32 Å². The highest BCUT2D eigenvalue weighted by molar-refractivity contribution is 14.0. The molecule has 0 saturated carbocycles. The Hall–Kier alpha value is -1.57. The molecule has 21 heavy (non-hydrogen) atoms. The van der Waals surface area contributed by atoms with E-state index in [0.29, 0.717) is 12.5 Å². The molecule has 114 valence electrons. The summed E-state index contributed by atoms with van der Waals surface area (Å²) >= 11 is 0. The average Bonchev–Trinajstić information content (AvgIpc) is 2.64. The second kappa shape index (κ2) is 7.44. The summed E-state index contributed by atoms with van der Waals surface area (Å²) < 4.78 is 1.82. The van der Waals surface area contributed by atoms with E-state index in [1.165, 1.54) is 11.1 Å². The molecule has 0 saturated heterocycles. The van der Waals surface area contributed by atoms with Gasteiger partial charge in [0.2, 0.25) is 0 Å². The molecule has 0 unspecified atom stereocenters. The number of anilines is 1. The number of nitrogens with one attached hydrogen (secondary N) is 1. The molecule has 1 aromatic heterocycles. The van der Waals surface area contributed by atoms with Gasteiger partial charge < -0.3 is 11.1 Å². The second-order valence-electron chi connectivity index (χ2n) is 5.10. The van der Waals surface area contributed by atoms with E-state index in [0.717, 1.165) is 17.1 Å². The monoisotopic (exact) mass is 399 g/mol. The molecule has 2 rings (SSSR count). The molecule has 0 fully saturated rings. The molecule has 3 N–H and O–H groups in total. The molecule has 0 aliphatic heterocycles. The van der Waals surface area contributed by atoms with Crippen LogP contribution in [-0.4, -0.2) is 15.7 Å². The predicted octanol–water partition coefficient (Wildman–Crippen LogP) is 2.89. The highest BCUT2D eigenvalue weighted by Gasteiger charge is 2.02. The quantitative estimate of drug-likeness (QED) is 0.474. The van der Waals surface area contributed by atoms with E-state index in [-0.39, 0.29) is 24.0 Å². The highest BCUT2D eigenvalue weighted by Crippen LogP contribution is 2.13. The van der Waals surface area contributed by atoms with Crippen molar-refractivity contribution in [3.63, 3.8) is 0 Å². The van der Waals surface area contributed by atoms with Crippen LogP contribution in [0.2, 0.25) is 0 Å². The summed E-state index contributed by atoms with van der Waals surface area (Å²) in [5.41, 5.74) is 11.3. The molecule has 0 aliphatic rings. The molecular weight excluding hydrogens is 377 g/mol. The SMILES string of the molecule is Cc1cc(C)cc(NC(N)=NCc2cc(C)nn2C)c1.I. The fraction of sp³-hybridized carbons (Fsp3) is 0.333. The number of aryl methyl sites for hydroxylation is 4. The third-order valence-corrected chi connectivity index (χ3v) is 3.00. The van der Waals surface area contributed by atoms with Crippen LogP contribution < -0.4 is 11.1 Å². The van der Waals surface area contributed by atoms with Crippen LogP contribution in [0.4, 0.5) is 5.69 Å². The number of nitrogens with zero attached hydrogens (tertiary/aromatic N) is 3. The van der Waals surface area contributed by atoms with Gasteiger partial charge >= 0.3 is 0 Å². The fourth-order valence-electron chi connectivity index (χ4n) is 2.21. The molecule has 5 nitrogen and oxygen atoms in total.